The first-order valence-corrected chi connectivity index (χ1v) is 8.70. The summed E-state index contributed by atoms with van der Waals surface area (Å²) in [7, 11) is -2.14. The van der Waals surface area contributed by atoms with E-state index in [2.05, 4.69) is 0 Å². The molecule has 0 unspecified atom stereocenters. The normalized spacial score (nSPS) is 16.8. The second kappa shape index (κ2) is 5.53. The van der Waals surface area contributed by atoms with E-state index in [-0.39, 0.29) is 17.8 Å². The molecule has 110 valence electrons. The Kier molecular flexibility index (Phi) is 4.66. The van der Waals surface area contributed by atoms with Crippen LogP contribution in [0.15, 0.2) is 0 Å². The minimum Gasteiger partial charge on any atom is -0.444 e. The topological polar surface area (TPSA) is 63.7 Å². The second-order valence-corrected chi connectivity index (χ2v) is 9.20. The van der Waals surface area contributed by atoms with Gasteiger partial charge in [0.2, 0.25) is 0 Å². The fraction of sp³-hybridized carbons (Fsp3) is 0.769. The monoisotopic (exact) mass is 289 g/mol. The third-order valence-corrected chi connectivity index (χ3v) is 3.34. The summed E-state index contributed by atoms with van der Waals surface area (Å²) < 4.78 is 16.7. The summed E-state index contributed by atoms with van der Waals surface area (Å²) in [5.41, 5.74) is -0.498. The highest BCUT2D eigenvalue weighted by atomic mass is 32.2. The maximum atomic E-state index is 11.7. The van der Waals surface area contributed by atoms with Gasteiger partial charge in [0.15, 0.2) is 5.78 Å². The molecule has 0 N–H and O–H groups in total. The van der Waals surface area contributed by atoms with Crippen molar-refractivity contribution in [2.24, 2.45) is 5.92 Å². The minimum absolute atomic E-state index is 0.108. The summed E-state index contributed by atoms with van der Waals surface area (Å²) in [6.07, 6.45) is 3.09. The van der Waals surface area contributed by atoms with E-state index in [1.165, 1.54) is 5.37 Å². The summed E-state index contributed by atoms with van der Waals surface area (Å²) in [5, 5.41) is 1.29. The number of ketones is 1. The number of likely N-dealkylation sites (tertiary alicyclic amines) is 1. The van der Waals surface area contributed by atoms with Gasteiger partial charge in [-0.3, -0.25) is 9.00 Å². The van der Waals surface area contributed by atoms with Gasteiger partial charge in [-0.15, -0.1) is 0 Å². The van der Waals surface area contributed by atoms with E-state index in [1.807, 2.05) is 20.8 Å². The SMILES string of the molecule is CC(C)(C)OC(=O)N1CC(CC(=O)C=S(C)(C)=O)C1. The molecular formula is C13H23NO4S. The minimum atomic E-state index is -2.14. The zero-order valence-electron chi connectivity index (χ0n) is 12.3. The molecule has 0 bridgehead atoms. The molecule has 0 aromatic heterocycles. The van der Waals surface area contributed by atoms with Crippen LogP contribution in [0.5, 0.6) is 0 Å². The summed E-state index contributed by atoms with van der Waals surface area (Å²) in [5.74, 6) is 0.0434. The lowest BCUT2D eigenvalue weighted by molar-refractivity contribution is -0.114. The molecule has 0 spiro atoms. The van der Waals surface area contributed by atoms with Gasteiger partial charge in [-0.05, 0) is 30.3 Å². The Morgan fingerprint density at radius 3 is 2.26 bits per heavy atom. The molecule has 1 heterocycles. The third-order valence-electron chi connectivity index (χ3n) is 2.51. The molecule has 1 amide bonds. The fourth-order valence-corrected chi connectivity index (χ4v) is 2.55. The van der Waals surface area contributed by atoms with Crippen LogP contribution >= 0.6 is 0 Å². The summed E-state index contributed by atoms with van der Waals surface area (Å²) >= 11 is 0. The Bertz CT molecular complexity index is 469. The van der Waals surface area contributed by atoms with E-state index in [1.54, 1.807) is 17.4 Å². The molecule has 5 nitrogen and oxygen atoms in total. The van der Waals surface area contributed by atoms with E-state index in [0.717, 1.165) is 0 Å². The van der Waals surface area contributed by atoms with Crippen molar-refractivity contribution in [3.63, 3.8) is 0 Å². The van der Waals surface area contributed by atoms with Crippen molar-refractivity contribution >= 4 is 26.8 Å². The van der Waals surface area contributed by atoms with E-state index in [9.17, 15) is 13.8 Å². The number of rotatable bonds is 3. The first kappa shape index (κ1) is 16.0. The van der Waals surface area contributed by atoms with Crippen LogP contribution in [0.4, 0.5) is 4.79 Å². The molecule has 0 radical (unpaired) electrons. The van der Waals surface area contributed by atoms with E-state index in [4.69, 9.17) is 4.74 Å². The van der Waals surface area contributed by atoms with Crippen molar-refractivity contribution in [1.29, 1.82) is 0 Å². The first-order chi connectivity index (χ1) is 8.46. The molecule has 0 aromatic carbocycles. The van der Waals surface area contributed by atoms with Crippen LogP contribution in [-0.4, -0.2) is 57.6 Å². The van der Waals surface area contributed by atoms with Gasteiger partial charge in [0.05, 0.1) is 0 Å². The number of ether oxygens (including phenoxy) is 1. The van der Waals surface area contributed by atoms with Crippen molar-refractivity contribution in [1.82, 2.24) is 4.90 Å². The Morgan fingerprint density at radius 2 is 1.84 bits per heavy atom. The second-order valence-electron chi connectivity index (χ2n) is 6.35. The molecule has 1 rings (SSSR count). The zero-order chi connectivity index (χ0) is 14.8. The quantitative estimate of drug-likeness (QED) is 0.731. The highest BCUT2D eigenvalue weighted by Crippen LogP contribution is 2.22. The predicted octanol–water partition coefficient (Wildman–Crippen LogP) is 1.16. The zero-order valence-corrected chi connectivity index (χ0v) is 13.1. The van der Waals surface area contributed by atoms with Gasteiger partial charge in [-0.2, -0.15) is 0 Å². The van der Waals surface area contributed by atoms with Gasteiger partial charge in [0.1, 0.15) is 5.60 Å². The lowest BCUT2D eigenvalue weighted by Gasteiger charge is -2.39. The smallest absolute Gasteiger partial charge is 0.410 e. The number of hydrogen-bond donors (Lipinski definition) is 0. The molecule has 6 heteroatoms. The number of hydrogen-bond acceptors (Lipinski definition) is 4. The summed E-state index contributed by atoms with van der Waals surface area (Å²) in [6.45, 7) is 6.52. The van der Waals surface area contributed by atoms with Crippen LogP contribution in [0.2, 0.25) is 0 Å². The molecule has 0 saturated carbocycles. The van der Waals surface area contributed by atoms with Crippen LogP contribution in [0.3, 0.4) is 0 Å². The van der Waals surface area contributed by atoms with Crippen LogP contribution in [-0.2, 0) is 19.1 Å². The maximum Gasteiger partial charge on any atom is 0.410 e. The average molecular weight is 289 g/mol. The Balaban J connectivity index is 2.37. The number of nitrogens with zero attached hydrogens (tertiary/aromatic N) is 1. The van der Waals surface area contributed by atoms with Gasteiger partial charge in [-0.25, -0.2) is 4.79 Å². The van der Waals surface area contributed by atoms with Gasteiger partial charge in [0, 0.05) is 43.3 Å². The Labute approximate surface area is 115 Å². The molecule has 1 fully saturated rings. The molecule has 0 atom stereocenters. The van der Waals surface area contributed by atoms with Crippen molar-refractivity contribution in [3.8, 4) is 0 Å². The number of carbonyl (C=O) groups is 2. The standard InChI is InChI=1S/C13H23NO4S/c1-13(2,3)18-12(16)14-7-10(8-14)6-11(15)9-19(4,5)17/h9-10H,6-8H2,1-5H3. The molecule has 0 aliphatic carbocycles. The van der Waals surface area contributed by atoms with Crippen LogP contribution in [0, 0.1) is 5.92 Å². The Hall–Kier alpha value is -1.04. The van der Waals surface area contributed by atoms with Crippen LogP contribution in [0.1, 0.15) is 27.2 Å². The molecule has 0 aromatic rings. The number of carbonyl (C=O) groups excluding carboxylic acids is 2. The first-order valence-electron chi connectivity index (χ1n) is 6.26. The van der Waals surface area contributed by atoms with E-state index in [0.29, 0.717) is 19.5 Å². The molecular weight excluding hydrogens is 266 g/mol. The lowest BCUT2D eigenvalue weighted by atomic mass is 9.95. The number of amides is 1. The Morgan fingerprint density at radius 1 is 1.32 bits per heavy atom. The van der Waals surface area contributed by atoms with Crippen molar-refractivity contribution in [2.45, 2.75) is 32.8 Å². The lowest BCUT2D eigenvalue weighted by Crippen LogP contribution is -2.52. The summed E-state index contributed by atoms with van der Waals surface area (Å²) in [4.78, 5) is 24.8. The van der Waals surface area contributed by atoms with Gasteiger partial charge in [0.25, 0.3) is 0 Å². The highest BCUT2D eigenvalue weighted by Gasteiger charge is 2.34. The van der Waals surface area contributed by atoms with Gasteiger partial charge in [-0.1, -0.05) is 0 Å². The molecule has 1 aliphatic heterocycles. The molecule has 1 aliphatic rings. The van der Waals surface area contributed by atoms with E-state index >= 15 is 0 Å². The van der Waals surface area contributed by atoms with Crippen molar-refractivity contribution < 1.29 is 18.5 Å². The number of Topliss-reactive ketones (excluding diaryl/α,β-unsaturated/α-hetero) is 1. The maximum absolute atomic E-state index is 11.7. The van der Waals surface area contributed by atoms with Gasteiger partial charge >= 0.3 is 6.09 Å². The van der Waals surface area contributed by atoms with Gasteiger partial charge < -0.3 is 9.64 Å². The highest BCUT2D eigenvalue weighted by molar-refractivity contribution is 8.01. The largest absolute Gasteiger partial charge is 0.444 e. The average Bonchev–Trinajstić information content (AvgIpc) is 2.03. The summed E-state index contributed by atoms with van der Waals surface area (Å²) in [6, 6.07) is 0. The predicted molar refractivity (Wildman–Crippen MR) is 77.0 cm³/mol. The van der Waals surface area contributed by atoms with Crippen molar-refractivity contribution in [2.75, 3.05) is 25.6 Å². The van der Waals surface area contributed by atoms with Crippen LogP contribution < -0.4 is 0 Å². The molecule has 19 heavy (non-hydrogen) atoms. The molecule has 1 saturated heterocycles. The fourth-order valence-electron chi connectivity index (χ4n) is 1.82. The van der Waals surface area contributed by atoms with E-state index < -0.39 is 15.1 Å². The van der Waals surface area contributed by atoms with Crippen molar-refractivity contribution in [3.05, 3.63) is 0 Å². The van der Waals surface area contributed by atoms with Crippen LogP contribution in [0.25, 0.3) is 0 Å². The third kappa shape index (κ3) is 6.09.